The molecule has 1 N–H and O–H groups in total. The maximum Gasteiger partial charge on any atom is 0.147 e. The van der Waals surface area contributed by atoms with E-state index in [4.69, 9.17) is 0 Å². The Bertz CT molecular complexity index is 474. The zero-order valence-electron chi connectivity index (χ0n) is 9.76. The Balaban J connectivity index is 2.12. The van der Waals surface area contributed by atoms with Gasteiger partial charge in [0.05, 0.1) is 5.52 Å². The largest absolute Gasteiger partial charge is 0.359 e. The Morgan fingerprint density at radius 3 is 2.88 bits per heavy atom. The van der Waals surface area contributed by atoms with Crippen molar-refractivity contribution in [1.82, 2.24) is 9.88 Å². The van der Waals surface area contributed by atoms with E-state index in [0.717, 1.165) is 30.3 Å². The molecule has 2 nitrogen and oxygen atoms in total. The average molecular weight is 220 g/mol. The summed E-state index contributed by atoms with van der Waals surface area (Å²) in [5, 5.41) is 0.958. The lowest BCUT2D eigenvalue weighted by Gasteiger charge is -2.09. The molecule has 0 spiro atoms. The van der Waals surface area contributed by atoms with Crippen LogP contribution >= 0.6 is 0 Å². The number of H-pyrrole nitrogens is 1. The van der Waals surface area contributed by atoms with Gasteiger partial charge in [0.15, 0.2) is 0 Å². The smallest absolute Gasteiger partial charge is 0.147 e. The third-order valence-corrected chi connectivity index (χ3v) is 2.74. The van der Waals surface area contributed by atoms with Gasteiger partial charge in [-0.15, -0.1) is 0 Å². The van der Waals surface area contributed by atoms with Crippen LogP contribution in [0.3, 0.4) is 0 Å². The number of hydrogen-bond donors (Lipinski definition) is 1. The number of rotatable bonds is 4. The van der Waals surface area contributed by atoms with Crippen molar-refractivity contribution in [3.8, 4) is 0 Å². The highest BCUT2D eigenvalue weighted by Crippen LogP contribution is 2.19. The first-order valence-electron chi connectivity index (χ1n) is 5.57. The maximum atomic E-state index is 13.6. The summed E-state index contributed by atoms with van der Waals surface area (Å²) < 4.78 is 13.6. The number of nitrogens with zero attached hydrogens (tertiary/aromatic N) is 1. The number of hydrogen-bond acceptors (Lipinski definition) is 1. The fourth-order valence-electron chi connectivity index (χ4n) is 1.93. The minimum absolute atomic E-state index is 0.151. The lowest BCUT2D eigenvalue weighted by atomic mass is 10.1. The van der Waals surface area contributed by atoms with Crippen molar-refractivity contribution in [2.24, 2.45) is 0 Å². The predicted octanol–water partition coefficient (Wildman–Crippen LogP) is 2.80. The lowest BCUT2D eigenvalue weighted by Crippen LogP contribution is -2.13. The summed E-state index contributed by atoms with van der Waals surface area (Å²) in [6.45, 7) is 1.03. The van der Waals surface area contributed by atoms with E-state index >= 15 is 0 Å². The average Bonchev–Trinajstić information content (AvgIpc) is 2.65. The van der Waals surface area contributed by atoms with Crippen molar-refractivity contribution in [2.75, 3.05) is 20.6 Å². The lowest BCUT2D eigenvalue weighted by molar-refractivity contribution is 0.400. The van der Waals surface area contributed by atoms with Crippen LogP contribution in [0.5, 0.6) is 0 Å². The Morgan fingerprint density at radius 1 is 1.31 bits per heavy atom. The van der Waals surface area contributed by atoms with Crippen LogP contribution in [0, 0.1) is 5.82 Å². The summed E-state index contributed by atoms with van der Waals surface area (Å²) >= 11 is 0. The molecule has 0 aliphatic carbocycles. The SMILES string of the molecule is CN(C)CCCc1cc(F)c2[nH]ccc2c1. The molecular weight excluding hydrogens is 203 g/mol. The molecule has 86 valence electrons. The Kier molecular flexibility index (Phi) is 3.25. The van der Waals surface area contributed by atoms with Gasteiger partial charge < -0.3 is 9.88 Å². The van der Waals surface area contributed by atoms with Crippen molar-refractivity contribution < 1.29 is 4.39 Å². The highest BCUT2D eigenvalue weighted by molar-refractivity contribution is 5.80. The number of fused-ring (bicyclic) bond motifs is 1. The van der Waals surface area contributed by atoms with Gasteiger partial charge in [0.2, 0.25) is 0 Å². The molecular formula is C13H17FN2. The second-order valence-electron chi connectivity index (χ2n) is 4.43. The second-order valence-corrected chi connectivity index (χ2v) is 4.43. The van der Waals surface area contributed by atoms with E-state index in [1.54, 1.807) is 12.3 Å². The molecule has 0 radical (unpaired) electrons. The topological polar surface area (TPSA) is 19.0 Å². The molecule has 0 saturated carbocycles. The van der Waals surface area contributed by atoms with Crippen LogP contribution in [-0.2, 0) is 6.42 Å². The minimum Gasteiger partial charge on any atom is -0.359 e. The van der Waals surface area contributed by atoms with E-state index in [-0.39, 0.29) is 5.82 Å². The molecule has 1 aromatic carbocycles. The molecule has 1 aromatic heterocycles. The standard InChI is InChI=1S/C13H17FN2/c1-16(2)7-3-4-10-8-11-5-6-15-13(11)12(14)9-10/h5-6,8-9,15H,3-4,7H2,1-2H3. The van der Waals surface area contributed by atoms with Gasteiger partial charge in [0.1, 0.15) is 5.82 Å². The van der Waals surface area contributed by atoms with Gasteiger partial charge in [0, 0.05) is 11.6 Å². The third-order valence-electron chi connectivity index (χ3n) is 2.74. The monoisotopic (exact) mass is 220 g/mol. The highest BCUT2D eigenvalue weighted by atomic mass is 19.1. The van der Waals surface area contributed by atoms with Crippen molar-refractivity contribution >= 4 is 10.9 Å². The highest BCUT2D eigenvalue weighted by Gasteiger charge is 2.04. The van der Waals surface area contributed by atoms with E-state index < -0.39 is 0 Å². The van der Waals surface area contributed by atoms with Gasteiger partial charge in [-0.3, -0.25) is 0 Å². The number of aryl methyl sites for hydroxylation is 1. The summed E-state index contributed by atoms with van der Waals surface area (Å²) in [5.74, 6) is -0.151. The quantitative estimate of drug-likeness (QED) is 0.839. The van der Waals surface area contributed by atoms with Crippen LogP contribution in [0.15, 0.2) is 24.4 Å². The number of nitrogens with one attached hydrogen (secondary N) is 1. The number of aromatic amines is 1. The molecule has 0 unspecified atom stereocenters. The zero-order valence-corrected chi connectivity index (χ0v) is 9.76. The zero-order chi connectivity index (χ0) is 11.5. The van der Waals surface area contributed by atoms with Crippen molar-refractivity contribution in [3.05, 3.63) is 35.8 Å². The van der Waals surface area contributed by atoms with Crippen LogP contribution in [-0.4, -0.2) is 30.5 Å². The van der Waals surface area contributed by atoms with Crippen molar-refractivity contribution in [2.45, 2.75) is 12.8 Å². The van der Waals surface area contributed by atoms with E-state index in [1.165, 1.54) is 0 Å². The van der Waals surface area contributed by atoms with E-state index in [1.807, 2.05) is 6.07 Å². The summed E-state index contributed by atoms with van der Waals surface area (Å²) in [7, 11) is 4.10. The molecule has 0 atom stereocenters. The molecule has 0 aliphatic rings. The summed E-state index contributed by atoms with van der Waals surface area (Å²) in [5.41, 5.74) is 1.68. The van der Waals surface area contributed by atoms with Gasteiger partial charge in [-0.1, -0.05) is 0 Å². The Morgan fingerprint density at radius 2 is 2.12 bits per heavy atom. The molecule has 3 heteroatoms. The molecule has 16 heavy (non-hydrogen) atoms. The number of aromatic nitrogens is 1. The maximum absolute atomic E-state index is 13.6. The summed E-state index contributed by atoms with van der Waals surface area (Å²) in [6, 6.07) is 5.60. The van der Waals surface area contributed by atoms with Crippen LogP contribution in [0.25, 0.3) is 10.9 Å². The van der Waals surface area contributed by atoms with Crippen molar-refractivity contribution in [1.29, 1.82) is 0 Å². The number of halogens is 1. The first kappa shape index (κ1) is 11.1. The Labute approximate surface area is 95.1 Å². The second kappa shape index (κ2) is 4.66. The van der Waals surface area contributed by atoms with Gasteiger partial charge in [0.25, 0.3) is 0 Å². The van der Waals surface area contributed by atoms with Crippen LogP contribution < -0.4 is 0 Å². The van der Waals surface area contributed by atoms with Crippen LogP contribution in [0.2, 0.25) is 0 Å². The van der Waals surface area contributed by atoms with Crippen LogP contribution in [0.1, 0.15) is 12.0 Å². The van der Waals surface area contributed by atoms with E-state index in [0.29, 0.717) is 5.52 Å². The molecule has 0 saturated heterocycles. The fraction of sp³-hybridized carbons (Fsp3) is 0.385. The molecule has 2 rings (SSSR count). The molecule has 1 heterocycles. The minimum atomic E-state index is -0.151. The molecule has 2 aromatic rings. The van der Waals surface area contributed by atoms with Gasteiger partial charge >= 0.3 is 0 Å². The summed E-state index contributed by atoms with van der Waals surface area (Å²) in [4.78, 5) is 5.05. The predicted molar refractivity (Wildman–Crippen MR) is 65.1 cm³/mol. The van der Waals surface area contributed by atoms with Gasteiger partial charge in [-0.05, 0) is 57.2 Å². The molecule has 0 fully saturated rings. The van der Waals surface area contributed by atoms with Crippen molar-refractivity contribution in [3.63, 3.8) is 0 Å². The third kappa shape index (κ3) is 2.42. The van der Waals surface area contributed by atoms with E-state index in [9.17, 15) is 4.39 Å². The Hall–Kier alpha value is -1.35. The number of benzene rings is 1. The molecule has 0 aliphatic heterocycles. The first-order chi connectivity index (χ1) is 7.66. The first-order valence-corrected chi connectivity index (χ1v) is 5.57. The normalized spacial score (nSPS) is 11.5. The molecule has 0 bridgehead atoms. The van der Waals surface area contributed by atoms with Crippen LogP contribution in [0.4, 0.5) is 4.39 Å². The van der Waals surface area contributed by atoms with E-state index in [2.05, 4.69) is 30.0 Å². The van der Waals surface area contributed by atoms with Gasteiger partial charge in [-0.25, -0.2) is 4.39 Å². The van der Waals surface area contributed by atoms with Gasteiger partial charge in [-0.2, -0.15) is 0 Å². The fourth-order valence-corrected chi connectivity index (χ4v) is 1.93. The summed E-state index contributed by atoms with van der Waals surface area (Å²) in [6.07, 6.45) is 3.76. The molecule has 0 amide bonds.